The zero-order chi connectivity index (χ0) is 16.4. The number of carbonyl (C=O) groups is 1. The third-order valence-corrected chi connectivity index (χ3v) is 4.25. The Kier molecular flexibility index (Phi) is 4.49. The molecule has 1 N–H and O–H groups in total. The Morgan fingerprint density at radius 3 is 2.74 bits per heavy atom. The van der Waals surface area contributed by atoms with Gasteiger partial charge in [-0.05, 0) is 25.1 Å². The lowest BCUT2D eigenvalue weighted by molar-refractivity contribution is 0.0863. The summed E-state index contributed by atoms with van der Waals surface area (Å²) in [5, 5.41) is 13.7. The fourth-order valence-corrected chi connectivity index (χ4v) is 2.80. The van der Waals surface area contributed by atoms with Gasteiger partial charge in [0.15, 0.2) is 5.82 Å². The SMILES string of the molecule is C[C@@H](c1noc(-c2cccc(Cl)c2)n1)N1CCN(C(=O)O)CC1. The van der Waals surface area contributed by atoms with Gasteiger partial charge in [0.1, 0.15) is 0 Å². The van der Waals surface area contributed by atoms with Gasteiger partial charge in [-0.1, -0.05) is 22.8 Å². The molecule has 0 unspecified atom stereocenters. The largest absolute Gasteiger partial charge is 0.465 e. The molecule has 1 aliphatic heterocycles. The Morgan fingerprint density at radius 1 is 1.35 bits per heavy atom. The molecule has 122 valence electrons. The second-order valence-corrected chi connectivity index (χ2v) is 5.89. The van der Waals surface area contributed by atoms with Gasteiger partial charge in [-0.2, -0.15) is 4.98 Å². The van der Waals surface area contributed by atoms with Crippen LogP contribution in [0.3, 0.4) is 0 Å². The van der Waals surface area contributed by atoms with E-state index in [0.717, 1.165) is 5.56 Å². The Labute approximate surface area is 138 Å². The van der Waals surface area contributed by atoms with Crippen molar-refractivity contribution in [1.82, 2.24) is 19.9 Å². The molecule has 0 saturated carbocycles. The van der Waals surface area contributed by atoms with Gasteiger partial charge in [-0.15, -0.1) is 0 Å². The number of hydrogen-bond acceptors (Lipinski definition) is 5. The van der Waals surface area contributed by atoms with Crippen LogP contribution < -0.4 is 0 Å². The van der Waals surface area contributed by atoms with E-state index >= 15 is 0 Å². The molecule has 1 saturated heterocycles. The third-order valence-electron chi connectivity index (χ3n) is 4.02. The zero-order valence-corrected chi connectivity index (χ0v) is 13.4. The Balaban J connectivity index is 1.69. The third kappa shape index (κ3) is 3.46. The number of piperazine rings is 1. The number of rotatable bonds is 3. The molecular formula is C15H17ClN4O3. The first-order chi connectivity index (χ1) is 11.0. The Hall–Kier alpha value is -2.12. The van der Waals surface area contributed by atoms with Crippen molar-refractivity contribution in [2.45, 2.75) is 13.0 Å². The average Bonchev–Trinajstić information content (AvgIpc) is 3.04. The molecule has 0 radical (unpaired) electrons. The molecule has 1 amide bonds. The maximum absolute atomic E-state index is 10.9. The Bertz CT molecular complexity index is 698. The van der Waals surface area contributed by atoms with Crippen molar-refractivity contribution in [1.29, 1.82) is 0 Å². The predicted molar refractivity (Wildman–Crippen MR) is 84.3 cm³/mol. The van der Waals surface area contributed by atoms with Gasteiger partial charge < -0.3 is 14.5 Å². The van der Waals surface area contributed by atoms with Gasteiger partial charge in [-0.3, -0.25) is 4.90 Å². The fourth-order valence-electron chi connectivity index (χ4n) is 2.61. The Morgan fingerprint density at radius 2 is 2.09 bits per heavy atom. The van der Waals surface area contributed by atoms with Crippen molar-refractivity contribution in [3.8, 4) is 11.5 Å². The second-order valence-electron chi connectivity index (χ2n) is 5.45. The molecular weight excluding hydrogens is 320 g/mol. The minimum Gasteiger partial charge on any atom is -0.465 e. The van der Waals surface area contributed by atoms with Gasteiger partial charge in [-0.25, -0.2) is 4.79 Å². The first-order valence-corrected chi connectivity index (χ1v) is 7.74. The van der Waals surface area contributed by atoms with E-state index in [-0.39, 0.29) is 6.04 Å². The monoisotopic (exact) mass is 336 g/mol. The molecule has 0 spiro atoms. The highest BCUT2D eigenvalue weighted by Gasteiger charge is 2.27. The van der Waals surface area contributed by atoms with Crippen molar-refractivity contribution in [2.75, 3.05) is 26.2 Å². The molecule has 0 bridgehead atoms. The lowest BCUT2D eigenvalue weighted by Crippen LogP contribution is -2.49. The molecule has 2 heterocycles. The lowest BCUT2D eigenvalue weighted by Gasteiger charge is -2.35. The van der Waals surface area contributed by atoms with Crippen LogP contribution in [0.1, 0.15) is 18.8 Å². The first-order valence-electron chi connectivity index (χ1n) is 7.36. The van der Waals surface area contributed by atoms with Gasteiger partial charge in [0.25, 0.3) is 5.89 Å². The van der Waals surface area contributed by atoms with Crippen LogP contribution in [-0.2, 0) is 0 Å². The smallest absolute Gasteiger partial charge is 0.407 e. The lowest BCUT2D eigenvalue weighted by atomic mass is 10.2. The summed E-state index contributed by atoms with van der Waals surface area (Å²) in [6.07, 6.45) is -0.875. The van der Waals surface area contributed by atoms with Crippen LogP contribution in [0.2, 0.25) is 5.02 Å². The summed E-state index contributed by atoms with van der Waals surface area (Å²) in [4.78, 5) is 18.9. The van der Waals surface area contributed by atoms with Crippen LogP contribution in [0, 0.1) is 0 Å². The predicted octanol–water partition coefficient (Wildman–Crippen LogP) is 2.75. The molecule has 2 aromatic rings. The van der Waals surface area contributed by atoms with E-state index in [9.17, 15) is 4.79 Å². The van der Waals surface area contributed by atoms with E-state index in [1.165, 1.54) is 4.90 Å². The summed E-state index contributed by atoms with van der Waals surface area (Å²) in [7, 11) is 0. The van der Waals surface area contributed by atoms with E-state index in [1.807, 2.05) is 19.1 Å². The van der Waals surface area contributed by atoms with Crippen LogP contribution in [0.4, 0.5) is 4.79 Å². The highest BCUT2D eigenvalue weighted by atomic mass is 35.5. The van der Waals surface area contributed by atoms with E-state index in [4.69, 9.17) is 21.2 Å². The van der Waals surface area contributed by atoms with Gasteiger partial charge >= 0.3 is 6.09 Å². The molecule has 8 heteroatoms. The molecule has 1 atom stereocenters. The van der Waals surface area contributed by atoms with Crippen molar-refractivity contribution in [3.05, 3.63) is 35.1 Å². The summed E-state index contributed by atoms with van der Waals surface area (Å²) in [5.74, 6) is 1.02. The molecule has 7 nitrogen and oxygen atoms in total. The molecule has 23 heavy (non-hydrogen) atoms. The second kappa shape index (κ2) is 6.55. The van der Waals surface area contributed by atoms with Crippen molar-refractivity contribution < 1.29 is 14.4 Å². The fraction of sp³-hybridized carbons (Fsp3) is 0.400. The molecule has 1 aromatic carbocycles. The molecule has 0 aliphatic carbocycles. The van der Waals surface area contributed by atoms with Crippen molar-refractivity contribution in [3.63, 3.8) is 0 Å². The van der Waals surface area contributed by atoms with E-state index < -0.39 is 6.09 Å². The number of carboxylic acid groups (broad SMARTS) is 1. The van der Waals surface area contributed by atoms with Gasteiger partial charge in [0.2, 0.25) is 0 Å². The van der Waals surface area contributed by atoms with Crippen LogP contribution in [-0.4, -0.2) is 57.3 Å². The normalized spacial score (nSPS) is 17.2. The van der Waals surface area contributed by atoms with Crippen LogP contribution in [0.15, 0.2) is 28.8 Å². The highest BCUT2D eigenvalue weighted by Crippen LogP contribution is 2.24. The van der Waals surface area contributed by atoms with Crippen molar-refractivity contribution in [2.24, 2.45) is 0 Å². The number of aromatic nitrogens is 2. The molecule has 1 aromatic heterocycles. The summed E-state index contributed by atoms with van der Waals surface area (Å²) < 4.78 is 5.33. The van der Waals surface area contributed by atoms with E-state index in [1.54, 1.807) is 12.1 Å². The van der Waals surface area contributed by atoms with Gasteiger partial charge in [0.05, 0.1) is 6.04 Å². The topological polar surface area (TPSA) is 82.7 Å². The number of benzene rings is 1. The van der Waals surface area contributed by atoms with Crippen LogP contribution in [0.25, 0.3) is 11.5 Å². The summed E-state index contributed by atoms with van der Waals surface area (Å²) in [5.41, 5.74) is 0.777. The standard InChI is InChI=1S/C15H17ClN4O3/c1-10(19-5-7-20(8-6-19)15(21)22)13-17-14(23-18-13)11-3-2-4-12(16)9-11/h2-4,9-10H,5-8H2,1H3,(H,21,22)/t10-/m0/s1. The maximum Gasteiger partial charge on any atom is 0.407 e. The number of nitrogens with zero attached hydrogens (tertiary/aromatic N) is 4. The van der Waals surface area contributed by atoms with Crippen molar-refractivity contribution >= 4 is 17.7 Å². The maximum atomic E-state index is 10.9. The van der Waals surface area contributed by atoms with E-state index in [2.05, 4.69) is 15.0 Å². The molecule has 1 aliphatic rings. The highest BCUT2D eigenvalue weighted by molar-refractivity contribution is 6.30. The van der Waals surface area contributed by atoms with E-state index in [0.29, 0.717) is 42.9 Å². The summed E-state index contributed by atoms with van der Waals surface area (Å²) >= 11 is 5.97. The zero-order valence-electron chi connectivity index (χ0n) is 12.6. The quantitative estimate of drug-likeness (QED) is 0.928. The average molecular weight is 337 g/mol. The minimum absolute atomic E-state index is 0.0392. The van der Waals surface area contributed by atoms with Crippen LogP contribution >= 0.6 is 11.6 Å². The minimum atomic E-state index is -0.875. The molecule has 3 rings (SSSR count). The molecule has 1 fully saturated rings. The number of hydrogen-bond donors (Lipinski definition) is 1. The van der Waals surface area contributed by atoms with Gasteiger partial charge in [0, 0.05) is 36.8 Å². The first kappa shape index (κ1) is 15.8. The summed E-state index contributed by atoms with van der Waals surface area (Å²) in [6.45, 7) is 4.25. The summed E-state index contributed by atoms with van der Waals surface area (Å²) in [6, 6.07) is 7.21. The van der Waals surface area contributed by atoms with Crippen LogP contribution in [0.5, 0.6) is 0 Å². The number of halogens is 1. The number of amides is 1.